The standard InChI is InChI=1S/C21H27N3O4/c1-21(2,3)28-20(27)23-11-12-24-18(14-23)13-22(19(24)26)10-4-5-16-6-8-17(15-25)9-7-16/h6-9,18,25H,10-15H2,1-3H3. The van der Waals surface area contributed by atoms with Crippen LogP contribution in [0.15, 0.2) is 24.3 Å². The van der Waals surface area contributed by atoms with E-state index in [0.717, 1.165) is 11.1 Å². The zero-order chi connectivity index (χ0) is 20.3. The quantitative estimate of drug-likeness (QED) is 0.789. The molecule has 2 heterocycles. The number of piperazine rings is 1. The molecule has 1 aromatic carbocycles. The number of nitrogens with zero attached hydrogens (tertiary/aromatic N) is 3. The number of ether oxygens (including phenoxy) is 1. The van der Waals surface area contributed by atoms with Gasteiger partial charge in [0.2, 0.25) is 0 Å². The first-order valence-corrected chi connectivity index (χ1v) is 9.49. The van der Waals surface area contributed by atoms with Crippen LogP contribution in [0.5, 0.6) is 0 Å². The van der Waals surface area contributed by atoms with Gasteiger partial charge >= 0.3 is 12.1 Å². The molecule has 2 aliphatic rings. The Bertz CT molecular complexity index is 789. The maximum absolute atomic E-state index is 12.6. The average Bonchev–Trinajstić information content (AvgIpc) is 2.96. The van der Waals surface area contributed by atoms with E-state index in [4.69, 9.17) is 9.84 Å². The van der Waals surface area contributed by atoms with Crippen LogP contribution in [0.3, 0.4) is 0 Å². The highest BCUT2D eigenvalue weighted by molar-refractivity contribution is 5.78. The van der Waals surface area contributed by atoms with Gasteiger partial charge in [-0.25, -0.2) is 9.59 Å². The minimum Gasteiger partial charge on any atom is -0.444 e. The summed E-state index contributed by atoms with van der Waals surface area (Å²) in [6.45, 7) is 7.91. The monoisotopic (exact) mass is 385 g/mol. The molecule has 7 nitrogen and oxygen atoms in total. The second-order valence-electron chi connectivity index (χ2n) is 8.09. The van der Waals surface area contributed by atoms with Crippen molar-refractivity contribution in [3.05, 3.63) is 35.4 Å². The van der Waals surface area contributed by atoms with Crippen LogP contribution in [0, 0.1) is 11.8 Å². The van der Waals surface area contributed by atoms with Gasteiger partial charge in [0.1, 0.15) is 5.60 Å². The highest BCUT2D eigenvalue weighted by Crippen LogP contribution is 2.21. The van der Waals surface area contributed by atoms with Gasteiger partial charge in [0.05, 0.1) is 19.2 Å². The van der Waals surface area contributed by atoms with Crippen molar-refractivity contribution in [3.8, 4) is 11.8 Å². The summed E-state index contributed by atoms with van der Waals surface area (Å²) < 4.78 is 5.44. The number of amides is 3. The average molecular weight is 385 g/mol. The molecule has 0 saturated carbocycles. The van der Waals surface area contributed by atoms with Crippen molar-refractivity contribution in [2.45, 2.75) is 39.0 Å². The van der Waals surface area contributed by atoms with Crippen molar-refractivity contribution in [1.29, 1.82) is 0 Å². The Balaban J connectivity index is 1.56. The lowest BCUT2D eigenvalue weighted by Crippen LogP contribution is -2.54. The molecule has 7 heteroatoms. The van der Waals surface area contributed by atoms with E-state index in [1.54, 1.807) is 9.80 Å². The van der Waals surface area contributed by atoms with E-state index >= 15 is 0 Å². The van der Waals surface area contributed by atoms with Gasteiger partial charge in [0, 0.05) is 31.7 Å². The Hall–Kier alpha value is -2.72. The first-order valence-electron chi connectivity index (χ1n) is 9.49. The summed E-state index contributed by atoms with van der Waals surface area (Å²) in [6.07, 6.45) is -0.329. The zero-order valence-corrected chi connectivity index (χ0v) is 16.6. The van der Waals surface area contributed by atoms with E-state index in [2.05, 4.69) is 11.8 Å². The summed E-state index contributed by atoms with van der Waals surface area (Å²) in [6, 6.07) is 7.31. The third-order valence-electron chi connectivity index (χ3n) is 4.72. The molecule has 0 aromatic heterocycles. The van der Waals surface area contributed by atoms with Crippen molar-refractivity contribution in [2.75, 3.05) is 32.7 Å². The number of aliphatic hydroxyl groups is 1. The van der Waals surface area contributed by atoms with E-state index in [1.165, 1.54) is 0 Å². The van der Waals surface area contributed by atoms with E-state index in [-0.39, 0.29) is 24.8 Å². The molecule has 1 N–H and O–H groups in total. The van der Waals surface area contributed by atoms with Gasteiger partial charge in [-0.15, -0.1) is 0 Å². The predicted molar refractivity (Wildman–Crippen MR) is 105 cm³/mol. The largest absolute Gasteiger partial charge is 0.444 e. The molecule has 1 atom stereocenters. The molecule has 3 rings (SSSR count). The number of aliphatic hydroxyl groups excluding tert-OH is 1. The summed E-state index contributed by atoms with van der Waals surface area (Å²) >= 11 is 0. The second kappa shape index (κ2) is 8.11. The van der Waals surface area contributed by atoms with Gasteiger partial charge in [0.15, 0.2) is 0 Å². The normalized spacial score (nSPS) is 19.2. The molecule has 2 saturated heterocycles. The number of hydrogen-bond donors (Lipinski definition) is 1. The summed E-state index contributed by atoms with van der Waals surface area (Å²) in [7, 11) is 0. The topological polar surface area (TPSA) is 73.3 Å². The van der Waals surface area contributed by atoms with E-state index in [9.17, 15) is 9.59 Å². The minimum absolute atomic E-state index is 0.00746. The van der Waals surface area contributed by atoms with Crippen molar-refractivity contribution < 1.29 is 19.4 Å². The Kier molecular flexibility index (Phi) is 5.80. The predicted octanol–water partition coefficient (Wildman–Crippen LogP) is 1.89. The van der Waals surface area contributed by atoms with E-state index in [0.29, 0.717) is 32.7 Å². The Morgan fingerprint density at radius 1 is 1.21 bits per heavy atom. The van der Waals surface area contributed by atoms with Crippen molar-refractivity contribution in [2.24, 2.45) is 0 Å². The van der Waals surface area contributed by atoms with Crippen LogP contribution in [-0.4, -0.2) is 76.3 Å². The third kappa shape index (κ3) is 4.76. The van der Waals surface area contributed by atoms with Crippen LogP contribution in [0.1, 0.15) is 31.9 Å². The lowest BCUT2D eigenvalue weighted by molar-refractivity contribution is 0.0128. The van der Waals surface area contributed by atoms with Crippen LogP contribution >= 0.6 is 0 Å². The molecule has 0 radical (unpaired) electrons. The Morgan fingerprint density at radius 3 is 2.57 bits per heavy atom. The highest BCUT2D eigenvalue weighted by atomic mass is 16.6. The van der Waals surface area contributed by atoms with Gasteiger partial charge in [-0.05, 0) is 38.5 Å². The van der Waals surface area contributed by atoms with Crippen LogP contribution in [0.2, 0.25) is 0 Å². The SMILES string of the molecule is CC(C)(C)OC(=O)N1CCN2C(=O)N(CC#Cc3ccc(CO)cc3)CC2C1. The smallest absolute Gasteiger partial charge is 0.410 e. The molecular weight excluding hydrogens is 358 g/mol. The van der Waals surface area contributed by atoms with Crippen LogP contribution in [0.4, 0.5) is 9.59 Å². The number of carbonyl (C=O) groups excluding carboxylic acids is 2. The summed E-state index contributed by atoms with van der Waals surface area (Å²) in [4.78, 5) is 30.1. The molecular formula is C21H27N3O4. The summed E-state index contributed by atoms with van der Waals surface area (Å²) in [5.41, 5.74) is 1.15. The molecule has 2 fully saturated rings. The fraction of sp³-hybridized carbons (Fsp3) is 0.524. The second-order valence-corrected chi connectivity index (χ2v) is 8.09. The molecule has 0 aliphatic carbocycles. The van der Waals surface area contributed by atoms with Crippen LogP contribution in [0.25, 0.3) is 0 Å². The number of benzene rings is 1. The minimum atomic E-state index is -0.531. The third-order valence-corrected chi connectivity index (χ3v) is 4.72. The van der Waals surface area contributed by atoms with E-state index in [1.807, 2.05) is 49.9 Å². The van der Waals surface area contributed by atoms with Gasteiger partial charge in [-0.3, -0.25) is 0 Å². The van der Waals surface area contributed by atoms with Crippen LogP contribution in [-0.2, 0) is 11.3 Å². The molecule has 1 unspecified atom stereocenters. The maximum atomic E-state index is 12.6. The van der Waals surface area contributed by atoms with Gasteiger partial charge in [0.25, 0.3) is 0 Å². The zero-order valence-electron chi connectivity index (χ0n) is 16.6. The molecule has 0 spiro atoms. The van der Waals surface area contributed by atoms with Gasteiger partial charge < -0.3 is 24.5 Å². The Morgan fingerprint density at radius 2 is 1.93 bits per heavy atom. The number of urea groups is 1. The molecule has 1 aromatic rings. The fourth-order valence-corrected chi connectivity index (χ4v) is 3.33. The lowest BCUT2D eigenvalue weighted by Gasteiger charge is -2.37. The maximum Gasteiger partial charge on any atom is 0.410 e. The first kappa shape index (κ1) is 20.0. The van der Waals surface area contributed by atoms with Gasteiger partial charge in [-0.1, -0.05) is 24.0 Å². The molecule has 150 valence electrons. The number of hydrogen-bond acceptors (Lipinski definition) is 4. The molecule has 28 heavy (non-hydrogen) atoms. The highest BCUT2D eigenvalue weighted by Gasteiger charge is 2.41. The molecule has 2 aliphatic heterocycles. The van der Waals surface area contributed by atoms with Crippen molar-refractivity contribution >= 4 is 12.1 Å². The van der Waals surface area contributed by atoms with Crippen molar-refractivity contribution in [3.63, 3.8) is 0 Å². The Labute approximate surface area is 165 Å². The first-order chi connectivity index (χ1) is 13.3. The number of fused-ring (bicyclic) bond motifs is 1. The number of carbonyl (C=O) groups is 2. The fourth-order valence-electron chi connectivity index (χ4n) is 3.33. The summed E-state index contributed by atoms with van der Waals surface area (Å²) in [5, 5.41) is 9.07. The number of rotatable bonds is 2. The lowest BCUT2D eigenvalue weighted by atomic mass is 10.1. The molecule has 3 amide bonds. The van der Waals surface area contributed by atoms with Gasteiger partial charge in [-0.2, -0.15) is 0 Å². The summed E-state index contributed by atoms with van der Waals surface area (Å²) in [5.74, 6) is 6.10. The van der Waals surface area contributed by atoms with Crippen molar-refractivity contribution in [1.82, 2.24) is 14.7 Å². The van der Waals surface area contributed by atoms with Crippen LogP contribution < -0.4 is 0 Å². The van der Waals surface area contributed by atoms with E-state index < -0.39 is 5.60 Å². The molecule has 0 bridgehead atoms.